The summed E-state index contributed by atoms with van der Waals surface area (Å²) in [6.07, 6.45) is 2.35. The number of methoxy groups -OCH3 is 1. The molecule has 160 valence electrons. The largest absolute Gasteiger partial charge is 0.495 e. The summed E-state index contributed by atoms with van der Waals surface area (Å²) in [6.45, 7) is 4.45. The number of aryl methyl sites for hydroxylation is 1. The number of benzene rings is 2. The Morgan fingerprint density at radius 3 is 2.58 bits per heavy atom. The SMILES string of the molecule is COc1ccc(NC(=O)c2nnn(-c3ccc(C)cc3)c2C)cc1N1CCCCC1=O. The molecule has 31 heavy (non-hydrogen) atoms. The van der Waals surface area contributed by atoms with E-state index in [9.17, 15) is 9.59 Å². The predicted molar refractivity (Wildman–Crippen MR) is 118 cm³/mol. The molecule has 2 heterocycles. The summed E-state index contributed by atoms with van der Waals surface area (Å²) < 4.78 is 7.08. The Morgan fingerprint density at radius 1 is 1.10 bits per heavy atom. The van der Waals surface area contributed by atoms with Crippen LogP contribution in [0.2, 0.25) is 0 Å². The minimum absolute atomic E-state index is 0.0601. The highest BCUT2D eigenvalue weighted by Crippen LogP contribution is 2.33. The molecule has 0 radical (unpaired) electrons. The fourth-order valence-electron chi connectivity index (χ4n) is 3.70. The Kier molecular flexibility index (Phi) is 5.70. The standard InChI is InChI=1S/C23H25N5O3/c1-15-7-10-18(11-8-15)28-16(2)22(25-26-28)23(30)24-17-9-12-20(31-3)19(14-17)27-13-5-4-6-21(27)29/h7-12,14H,4-6,13H2,1-3H3,(H,24,30). The zero-order chi connectivity index (χ0) is 22.0. The molecule has 0 unspecified atom stereocenters. The molecule has 8 heteroatoms. The Labute approximate surface area is 180 Å². The number of ether oxygens (including phenoxy) is 1. The molecule has 3 aromatic rings. The normalized spacial score (nSPS) is 13.9. The highest BCUT2D eigenvalue weighted by Gasteiger charge is 2.24. The van der Waals surface area contributed by atoms with Crippen molar-refractivity contribution in [3.63, 3.8) is 0 Å². The van der Waals surface area contributed by atoms with Crippen molar-refractivity contribution in [1.29, 1.82) is 0 Å². The van der Waals surface area contributed by atoms with Crippen LogP contribution in [0.4, 0.5) is 11.4 Å². The second kappa shape index (κ2) is 8.59. The van der Waals surface area contributed by atoms with Gasteiger partial charge in [0, 0.05) is 18.7 Å². The van der Waals surface area contributed by atoms with Gasteiger partial charge in [0.05, 0.1) is 24.2 Å². The van der Waals surface area contributed by atoms with Crippen molar-refractivity contribution in [2.24, 2.45) is 0 Å². The van der Waals surface area contributed by atoms with Gasteiger partial charge in [0.15, 0.2) is 5.69 Å². The molecule has 0 bridgehead atoms. The second-order valence-corrected chi connectivity index (χ2v) is 7.61. The van der Waals surface area contributed by atoms with Gasteiger partial charge in [-0.05, 0) is 57.0 Å². The second-order valence-electron chi connectivity index (χ2n) is 7.61. The lowest BCUT2D eigenvalue weighted by molar-refractivity contribution is -0.119. The summed E-state index contributed by atoms with van der Waals surface area (Å²) in [4.78, 5) is 27.0. The summed E-state index contributed by atoms with van der Waals surface area (Å²) in [7, 11) is 1.57. The zero-order valence-electron chi connectivity index (χ0n) is 17.9. The molecule has 0 aliphatic carbocycles. The van der Waals surface area contributed by atoms with Crippen LogP contribution in [0.3, 0.4) is 0 Å². The van der Waals surface area contributed by atoms with Crippen molar-refractivity contribution in [3.8, 4) is 11.4 Å². The topological polar surface area (TPSA) is 89.3 Å². The Morgan fingerprint density at radius 2 is 1.87 bits per heavy atom. The summed E-state index contributed by atoms with van der Waals surface area (Å²) in [5, 5.41) is 11.1. The number of nitrogens with one attached hydrogen (secondary N) is 1. The first-order valence-corrected chi connectivity index (χ1v) is 10.3. The highest BCUT2D eigenvalue weighted by molar-refractivity contribution is 6.04. The van der Waals surface area contributed by atoms with Gasteiger partial charge in [-0.1, -0.05) is 22.9 Å². The van der Waals surface area contributed by atoms with Crippen LogP contribution in [0, 0.1) is 13.8 Å². The maximum atomic E-state index is 12.9. The van der Waals surface area contributed by atoms with E-state index in [1.165, 1.54) is 0 Å². The molecule has 1 aliphatic heterocycles. The molecule has 1 aliphatic rings. The third-order valence-corrected chi connectivity index (χ3v) is 5.44. The maximum absolute atomic E-state index is 12.9. The molecule has 0 atom stereocenters. The van der Waals surface area contributed by atoms with Crippen molar-refractivity contribution >= 4 is 23.2 Å². The van der Waals surface area contributed by atoms with Crippen LogP contribution in [0.15, 0.2) is 42.5 Å². The van der Waals surface area contributed by atoms with E-state index in [0.717, 1.165) is 24.1 Å². The number of piperidine rings is 1. The van der Waals surface area contributed by atoms with Crippen LogP contribution < -0.4 is 15.0 Å². The van der Waals surface area contributed by atoms with Gasteiger partial charge in [0.1, 0.15) is 5.75 Å². The van der Waals surface area contributed by atoms with E-state index in [4.69, 9.17) is 4.74 Å². The Bertz CT molecular complexity index is 1120. The minimum atomic E-state index is -0.364. The quantitative estimate of drug-likeness (QED) is 0.682. The molecule has 0 spiro atoms. The third kappa shape index (κ3) is 4.14. The van der Waals surface area contributed by atoms with Gasteiger partial charge in [-0.3, -0.25) is 9.59 Å². The first-order valence-electron chi connectivity index (χ1n) is 10.3. The van der Waals surface area contributed by atoms with Crippen molar-refractivity contribution in [2.45, 2.75) is 33.1 Å². The van der Waals surface area contributed by atoms with Crippen molar-refractivity contribution < 1.29 is 14.3 Å². The van der Waals surface area contributed by atoms with Gasteiger partial charge in [-0.25, -0.2) is 4.68 Å². The summed E-state index contributed by atoms with van der Waals surface area (Å²) >= 11 is 0. The van der Waals surface area contributed by atoms with Gasteiger partial charge in [-0.2, -0.15) is 0 Å². The minimum Gasteiger partial charge on any atom is -0.495 e. The van der Waals surface area contributed by atoms with Crippen molar-refractivity contribution in [3.05, 3.63) is 59.4 Å². The first-order chi connectivity index (χ1) is 15.0. The average Bonchev–Trinajstić information content (AvgIpc) is 3.16. The molecule has 0 saturated carbocycles. The number of aromatic nitrogens is 3. The van der Waals surface area contributed by atoms with Gasteiger partial charge in [0.2, 0.25) is 5.91 Å². The summed E-state index contributed by atoms with van der Waals surface area (Å²) in [5.74, 6) is 0.289. The van der Waals surface area contributed by atoms with Gasteiger partial charge < -0.3 is 15.0 Å². The fraction of sp³-hybridized carbons (Fsp3) is 0.304. The van der Waals surface area contributed by atoms with Crippen LogP contribution in [0.25, 0.3) is 5.69 Å². The number of hydrogen-bond acceptors (Lipinski definition) is 5. The molecule has 1 saturated heterocycles. The first kappa shape index (κ1) is 20.6. The van der Waals surface area contributed by atoms with E-state index in [2.05, 4.69) is 15.6 Å². The summed E-state index contributed by atoms with van der Waals surface area (Å²) in [6, 6.07) is 13.1. The van der Waals surface area contributed by atoms with E-state index >= 15 is 0 Å². The number of amides is 2. The third-order valence-electron chi connectivity index (χ3n) is 5.44. The molecule has 1 fully saturated rings. The molecular weight excluding hydrogens is 394 g/mol. The molecule has 1 N–H and O–H groups in total. The van der Waals surface area contributed by atoms with Crippen LogP contribution in [0.1, 0.15) is 41.0 Å². The van der Waals surface area contributed by atoms with Crippen molar-refractivity contribution in [1.82, 2.24) is 15.0 Å². The van der Waals surface area contributed by atoms with Crippen LogP contribution in [0.5, 0.6) is 5.75 Å². The number of carbonyl (C=O) groups is 2. The lowest BCUT2D eigenvalue weighted by atomic mass is 10.1. The number of carbonyl (C=O) groups excluding carboxylic acids is 2. The van der Waals surface area contributed by atoms with E-state index in [-0.39, 0.29) is 17.5 Å². The molecule has 2 amide bonds. The number of nitrogens with zero attached hydrogens (tertiary/aromatic N) is 4. The molecule has 4 rings (SSSR count). The molecule has 1 aromatic heterocycles. The number of anilines is 2. The number of rotatable bonds is 5. The highest BCUT2D eigenvalue weighted by atomic mass is 16.5. The monoisotopic (exact) mass is 419 g/mol. The predicted octanol–water partition coefficient (Wildman–Crippen LogP) is 3.66. The van der Waals surface area contributed by atoms with E-state index in [1.807, 2.05) is 31.2 Å². The van der Waals surface area contributed by atoms with Crippen LogP contribution in [-0.4, -0.2) is 40.5 Å². The Balaban J connectivity index is 1.58. The smallest absolute Gasteiger partial charge is 0.278 e. The fourth-order valence-corrected chi connectivity index (χ4v) is 3.70. The van der Waals surface area contributed by atoms with E-state index < -0.39 is 0 Å². The van der Waals surface area contributed by atoms with Crippen molar-refractivity contribution in [2.75, 3.05) is 23.9 Å². The van der Waals surface area contributed by atoms with E-state index in [0.29, 0.717) is 35.8 Å². The van der Waals surface area contributed by atoms with Crippen LogP contribution in [-0.2, 0) is 4.79 Å². The molecular formula is C23H25N5O3. The van der Waals surface area contributed by atoms with Gasteiger partial charge in [0.25, 0.3) is 5.91 Å². The van der Waals surface area contributed by atoms with Crippen LogP contribution >= 0.6 is 0 Å². The molecule has 2 aromatic carbocycles. The summed E-state index contributed by atoms with van der Waals surface area (Å²) in [5.41, 5.74) is 4.08. The van der Waals surface area contributed by atoms with Gasteiger partial charge in [-0.15, -0.1) is 5.10 Å². The zero-order valence-corrected chi connectivity index (χ0v) is 17.9. The number of hydrogen-bond donors (Lipinski definition) is 1. The maximum Gasteiger partial charge on any atom is 0.278 e. The lowest BCUT2D eigenvalue weighted by Crippen LogP contribution is -2.35. The van der Waals surface area contributed by atoms with Gasteiger partial charge >= 0.3 is 0 Å². The molecule has 8 nitrogen and oxygen atoms in total. The van der Waals surface area contributed by atoms with E-state index in [1.54, 1.807) is 41.8 Å². The Hall–Kier alpha value is -3.68. The lowest BCUT2D eigenvalue weighted by Gasteiger charge is -2.28. The average molecular weight is 419 g/mol.